The third-order valence-corrected chi connectivity index (χ3v) is 6.40. The average molecular weight is 386 g/mol. The molecule has 0 amide bonds. The Hall–Kier alpha value is -2.12. The van der Waals surface area contributed by atoms with E-state index < -0.39 is 34.7 Å². The number of hydrogen-bond donors (Lipinski definition) is 4. The van der Waals surface area contributed by atoms with Crippen molar-refractivity contribution in [1.29, 1.82) is 0 Å². The van der Waals surface area contributed by atoms with E-state index >= 15 is 0 Å². The van der Waals surface area contributed by atoms with Crippen LogP contribution in [0.5, 0.6) is 0 Å². The molecule has 0 saturated heterocycles. The van der Waals surface area contributed by atoms with Crippen molar-refractivity contribution in [2.45, 2.75) is 59.8 Å². The van der Waals surface area contributed by atoms with Crippen LogP contribution in [0.3, 0.4) is 0 Å². The molecule has 0 aromatic rings. The van der Waals surface area contributed by atoms with Gasteiger partial charge in [0.15, 0.2) is 10.8 Å². The maximum Gasteiger partial charge on any atom is 0.320 e. The number of aliphatic carboxylic acids is 4. The molecule has 8 heteroatoms. The first-order chi connectivity index (χ1) is 12.3. The quantitative estimate of drug-likeness (QED) is 0.419. The third kappa shape index (κ3) is 4.42. The van der Waals surface area contributed by atoms with Gasteiger partial charge in [-0.25, -0.2) is 0 Å². The van der Waals surface area contributed by atoms with Crippen molar-refractivity contribution in [2.24, 2.45) is 34.5 Å². The molecule has 1 aliphatic carbocycles. The first-order valence-electron chi connectivity index (χ1n) is 9.24. The lowest BCUT2D eigenvalue weighted by Crippen LogP contribution is -2.43. The Balaban J connectivity index is 3.30. The minimum Gasteiger partial charge on any atom is -0.480 e. The van der Waals surface area contributed by atoms with Gasteiger partial charge >= 0.3 is 23.9 Å². The normalized spacial score (nSPS) is 25.9. The van der Waals surface area contributed by atoms with Gasteiger partial charge in [-0.15, -0.1) is 0 Å². The van der Waals surface area contributed by atoms with Crippen molar-refractivity contribution in [3.63, 3.8) is 0 Å². The SMILES string of the molecule is CCCC1CC(C)C(CC(C)(C(=O)O)C(=O)O)C1CC(C)(C(=O)O)C(=O)O. The maximum atomic E-state index is 11.6. The summed E-state index contributed by atoms with van der Waals surface area (Å²) in [5.74, 6) is -6.49. The summed E-state index contributed by atoms with van der Waals surface area (Å²) in [4.78, 5) is 46.5. The van der Waals surface area contributed by atoms with Crippen LogP contribution in [0.1, 0.15) is 59.8 Å². The topological polar surface area (TPSA) is 149 Å². The molecule has 0 bridgehead atoms. The van der Waals surface area contributed by atoms with Crippen LogP contribution in [0.15, 0.2) is 0 Å². The maximum absolute atomic E-state index is 11.6. The fourth-order valence-corrected chi connectivity index (χ4v) is 4.45. The zero-order valence-electron chi connectivity index (χ0n) is 16.3. The number of carboxylic acid groups (broad SMARTS) is 4. The Labute approximate surface area is 158 Å². The molecule has 0 aromatic heterocycles. The van der Waals surface area contributed by atoms with Crippen LogP contribution in [0.4, 0.5) is 0 Å². The molecule has 1 rings (SSSR count). The highest BCUT2D eigenvalue weighted by molar-refractivity contribution is 5.98. The molecule has 0 aromatic carbocycles. The Bertz CT molecular complexity index is 583. The minimum absolute atomic E-state index is 0.0172. The zero-order valence-corrected chi connectivity index (χ0v) is 16.3. The Morgan fingerprint density at radius 3 is 1.52 bits per heavy atom. The van der Waals surface area contributed by atoms with Crippen LogP contribution < -0.4 is 0 Å². The van der Waals surface area contributed by atoms with Gasteiger partial charge in [-0.3, -0.25) is 19.2 Å². The van der Waals surface area contributed by atoms with Crippen LogP contribution in [0.25, 0.3) is 0 Å². The molecular weight excluding hydrogens is 356 g/mol. The van der Waals surface area contributed by atoms with E-state index in [1.807, 2.05) is 13.8 Å². The van der Waals surface area contributed by atoms with Gasteiger partial charge in [0.2, 0.25) is 0 Å². The summed E-state index contributed by atoms with van der Waals surface area (Å²) in [6.45, 7) is 6.19. The Kier molecular flexibility index (Phi) is 7.02. The van der Waals surface area contributed by atoms with Gasteiger partial charge in [-0.2, -0.15) is 0 Å². The molecule has 4 N–H and O–H groups in total. The molecule has 0 spiro atoms. The van der Waals surface area contributed by atoms with Gasteiger partial charge in [0.1, 0.15) is 0 Å². The summed E-state index contributed by atoms with van der Waals surface area (Å²) in [5.41, 5.74) is -4.00. The number of rotatable bonds is 10. The van der Waals surface area contributed by atoms with Crippen molar-refractivity contribution >= 4 is 23.9 Å². The fraction of sp³-hybridized carbons (Fsp3) is 0.789. The largest absolute Gasteiger partial charge is 0.480 e. The number of hydrogen-bond acceptors (Lipinski definition) is 4. The smallest absolute Gasteiger partial charge is 0.320 e. The zero-order chi connectivity index (χ0) is 21.2. The molecule has 4 atom stereocenters. The molecule has 27 heavy (non-hydrogen) atoms. The van der Waals surface area contributed by atoms with Crippen molar-refractivity contribution < 1.29 is 39.6 Å². The van der Waals surface area contributed by atoms with Crippen LogP contribution in [0.2, 0.25) is 0 Å². The lowest BCUT2D eigenvalue weighted by molar-refractivity contribution is -0.169. The van der Waals surface area contributed by atoms with Gasteiger partial charge in [-0.05, 0) is 56.8 Å². The van der Waals surface area contributed by atoms with Gasteiger partial charge < -0.3 is 20.4 Å². The highest BCUT2D eigenvalue weighted by atomic mass is 16.4. The summed E-state index contributed by atoms with van der Waals surface area (Å²) in [6.07, 6.45) is 1.99. The summed E-state index contributed by atoms with van der Waals surface area (Å²) >= 11 is 0. The van der Waals surface area contributed by atoms with E-state index in [2.05, 4.69) is 0 Å². The van der Waals surface area contributed by atoms with Crippen LogP contribution >= 0.6 is 0 Å². The van der Waals surface area contributed by atoms with Gasteiger partial charge in [0.05, 0.1) is 0 Å². The summed E-state index contributed by atoms with van der Waals surface area (Å²) in [6, 6.07) is 0. The van der Waals surface area contributed by atoms with Crippen LogP contribution in [-0.4, -0.2) is 44.3 Å². The van der Waals surface area contributed by atoms with E-state index in [0.717, 1.165) is 26.7 Å². The summed E-state index contributed by atoms with van der Waals surface area (Å²) < 4.78 is 0. The summed E-state index contributed by atoms with van der Waals surface area (Å²) in [7, 11) is 0. The second kappa shape index (κ2) is 8.27. The molecule has 0 heterocycles. The molecule has 154 valence electrons. The first kappa shape index (κ1) is 22.9. The highest BCUT2D eigenvalue weighted by Crippen LogP contribution is 2.52. The Morgan fingerprint density at radius 1 is 0.815 bits per heavy atom. The molecular formula is C19H30O8. The summed E-state index contributed by atoms with van der Waals surface area (Å²) in [5, 5.41) is 37.8. The Morgan fingerprint density at radius 2 is 1.19 bits per heavy atom. The minimum atomic E-state index is -2.00. The number of carboxylic acids is 4. The molecule has 4 unspecified atom stereocenters. The average Bonchev–Trinajstić information content (AvgIpc) is 2.82. The second-order valence-electron chi connectivity index (χ2n) is 8.38. The predicted molar refractivity (Wildman–Crippen MR) is 95.2 cm³/mol. The number of carbonyl (C=O) groups is 4. The molecule has 0 radical (unpaired) electrons. The highest BCUT2D eigenvalue weighted by Gasteiger charge is 2.53. The van der Waals surface area contributed by atoms with Crippen molar-refractivity contribution in [3.8, 4) is 0 Å². The lowest BCUT2D eigenvalue weighted by Gasteiger charge is -2.34. The van der Waals surface area contributed by atoms with Gasteiger partial charge in [-0.1, -0.05) is 26.7 Å². The molecule has 1 aliphatic rings. The van der Waals surface area contributed by atoms with Gasteiger partial charge in [0, 0.05) is 0 Å². The van der Waals surface area contributed by atoms with Gasteiger partial charge in [0.25, 0.3) is 0 Å². The monoisotopic (exact) mass is 386 g/mol. The van der Waals surface area contributed by atoms with Crippen LogP contribution in [0, 0.1) is 34.5 Å². The fourth-order valence-electron chi connectivity index (χ4n) is 4.45. The van der Waals surface area contributed by atoms with E-state index in [1.54, 1.807) is 0 Å². The van der Waals surface area contributed by atoms with E-state index in [-0.39, 0.29) is 36.5 Å². The molecule has 0 aliphatic heterocycles. The van der Waals surface area contributed by atoms with E-state index in [9.17, 15) is 39.6 Å². The van der Waals surface area contributed by atoms with Crippen LogP contribution in [-0.2, 0) is 19.2 Å². The third-order valence-electron chi connectivity index (χ3n) is 6.40. The van der Waals surface area contributed by atoms with E-state index in [0.29, 0.717) is 6.42 Å². The lowest BCUT2D eigenvalue weighted by atomic mass is 9.68. The second-order valence-corrected chi connectivity index (χ2v) is 8.38. The first-order valence-corrected chi connectivity index (χ1v) is 9.24. The molecule has 8 nitrogen and oxygen atoms in total. The van der Waals surface area contributed by atoms with Crippen molar-refractivity contribution in [3.05, 3.63) is 0 Å². The van der Waals surface area contributed by atoms with E-state index in [1.165, 1.54) is 0 Å². The molecule has 1 saturated carbocycles. The standard InChI is InChI=1S/C19H30O8/c1-5-6-11-7-10(2)12(8-18(3,14(20)21)15(22)23)13(11)9-19(4,16(24)25)17(26)27/h10-13H,5-9H2,1-4H3,(H,20,21)(H,22,23)(H,24,25)(H,26,27). The van der Waals surface area contributed by atoms with E-state index in [4.69, 9.17) is 0 Å². The predicted octanol–water partition coefficient (Wildman–Crippen LogP) is 2.81. The van der Waals surface area contributed by atoms with Crippen molar-refractivity contribution in [1.82, 2.24) is 0 Å². The molecule has 1 fully saturated rings. The van der Waals surface area contributed by atoms with Crippen molar-refractivity contribution in [2.75, 3.05) is 0 Å².